The lowest BCUT2D eigenvalue weighted by Gasteiger charge is -2.36. The molecule has 5 nitrogen and oxygen atoms in total. The maximum Gasteiger partial charge on any atom is 0.296 e. The molecule has 2 aromatic carbocycles. The monoisotopic (exact) mass is 475 g/mol. The molecule has 1 saturated heterocycles. The highest BCUT2D eigenvalue weighted by Gasteiger charge is 2.31. The standard InChI is InChI=1S/C27H23ClFN3O2/c1-18-5-8-20(28)16-24(18)30-12-14-31(15-13-30)27(34)26(33)25-23(19-6-9-21(29)10-7-19)17-22-4-2-3-11-32(22)25/h2-11,16-17H,12-15H2,1H3. The first-order chi connectivity index (χ1) is 16.4. The molecule has 1 aliphatic heterocycles. The summed E-state index contributed by atoms with van der Waals surface area (Å²) in [7, 11) is 0. The summed E-state index contributed by atoms with van der Waals surface area (Å²) in [6, 6.07) is 19.1. The lowest BCUT2D eigenvalue weighted by molar-refractivity contribution is -0.126. The molecule has 2 aromatic heterocycles. The van der Waals surface area contributed by atoms with Crippen LogP contribution in [0.1, 0.15) is 16.1 Å². The van der Waals surface area contributed by atoms with Crippen LogP contribution in [0.15, 0.2) is 72.9 Å². The second kappa shape index (κ2) is 8.95. The largest absolute Gasteiger partial charge is 0.368 e. The number of benzene rings is 2. The van der Waals surface area contributed by atoms with E-state index in [2.05, 4.69) is 4.90 Å². The van der Waals surface area contributed by atoms with Crippen molar-refractivity contribution in [3.05, 3.63) is 95.0 Å². The molecule has 0 unspecified atom stereocenters. The highest BCUT2D eigenvalue weighted by Crippen LogP contribution is 2.30. The number of fused-ring (bicyclic) bond motifs is 1. The molecule has 3 heterocycles. The number of rotatable bonds is 4. The van der Waals surface area contributed by atoms with Gasteiger partial charge >= 0.3 is 0 Å². The lowest BCUT2D eigenvalue weighted by Crippen LogP contribution is -2.51. The van der Waals surface area contributed by atoms with Gasteiger partial charge in [0.15, 0.2) is 0 Å². The minimum atomic E-state index is -0.571. The molecular formula is C27H23ClFN3O2. The number of piperazine rings is 1. The van der Waals surface area contributed by atoms with E-state index in [1.54, 1.807) is 27.6 Å². The van der Waals surface area contributed by atoms with E-state index < -0.39 is 11.7 Å². The zero-order valence-electron chi connectivity index (χ0n) is 18.7. The number of aryl methyl sites for hydroxylation is 1. The van der Waals surface area contributed by atoms with Crippen molar-refractivity contribution in [2.75, 3.05) is 31.1 Å². The van der Waals surface area contributed by atoms with E-state index in [0.717, 1.165) is 16.8 Å². The molecule has 0 bridgehead atoms. The fourth-order valence-electron chi connectivity index (χ4n) is 4.52. The van der Waals surface area contributed by atoms with Gasteiger partial charge in [0.25, 0.3) is 11.7 Å². The molecule has 0 aliphatic carbocycles. The maximum absolute atomic E-state index is 13.5. The van der Waals surface area contributed by atoms with Gasteiger partial charge in [-0.05, 0) is 60.5 Å². The highest BCUT2D eigenvalue weighted by atomic mass is 35.5. The van der Waals surface area contributed by atoms with Crippen LogP contribution in [0.25, 0.3) is 16.6 Å². The average Bonchev–Trinajstić information content (AvgIpc) is 3.25. The number of amides is 1. The van der Waals surface area contributed by atoms with Gasteiger partial charge in [0.05, 0.1) is 0 Å². The summed E-state index contributed by atoms with van der Waals surface area (Å²) in [5.74, 6) is -1.46. The molecule has 34 heavy (non-hydrogen) atoms. The summed E-state index contributed by atoms with van der Waals surface area (Å²) in [4.78, 5) is 30.6. The van der Waals surface area contributed by atoms with Gasteiger partial charge in [-0.25, -0.2) is 4.39 Å². The Labute approximate surface area is 202 Å². The summed E-state index contributed by atoms with van der Waals surface area (Å²) in [6.07, 6.45) is 1.77. The van der Waals surface area contributed by atoms with Gasteiger partial charge < -0.3 is 14.2 Å². The number of carbonyl (C=O) groups excluding carboxylic acids is 2. The molecule has 4 aromatic rings. The van der Waals surface area contributed by atoms with Crippen LogP contribution in [0, 0.1) is 12.7 Å². The Morgan fingerprint density at radius 2 is 1.65 bits per heavy atom. The van der Waals surface area contributed by atoms with Gasteiger partial charge in [-0.2, -0.15) is 0 Å². The van der Waals surface area contributed by atoms with E-state index in [-0.39, 0.29) is 5.82 Å². The van der Waals surface area contributed by atoms with Crippen molar-refractivity contribution >= 4 is 34.5 Å². The zero-order valence-corrected chi connectivity index (χ0v) is 19.4. The minimum Gasteiger partial charge on any atom is -0.368 e. The number of ketones is 1. The molecular weight excluding hydrogens is 453 g/mol. The fourth-order valence-corrected chi connectivity index (χ4v) is 4.69. The number of carbonyl (C=O) groups is 2. The molecule has 0 radical (unpaired) electrons. The van der Waals surface area contributed by atoms with Crippen molar-refractivity contribution in [1.29, 1.82) is 0 Å². The number of pyridine rings is 1. The number of anilines is 1. The molecule has 172 valence electrons. The third-order valence-corrected chi connectivity index (χ3v) is 6.56. The van der Waals surface area contributed by atoms with E-state index in [9.17, 15) is 14.0 Å². The predicted molar refractivity (Wildman–Crippen MR) is 132 cm³/mol. The minimum absolute atomic E-state index is 0.292. The summed E-state index contributed by atoms with van der Waals surface area (Å²) < 4.78 is 15.2. The number of hydrogen-bond donors (Lipinski definition) is 0. The third kappa shape index (κ3) is 4.05. The van der Waals surface area contributed by atoms with Crippen LogP contribution in [0.2, 0.25) is 5.02 Å². The number of hydrogen-bond acceptors (Lipinski definition) is 3. The van der Waals surface area contributed by atoms with Crippen LogP contribution < -0.4 is 4.90 Å². The SMILES string of the molecule is Cc1ccc(Cl)cc1N1CCN(C(=O)C(=O)c2c(-c3ccc(F)cc3)cc3ccccn23)CC1. The van der Waals surface area contributed by atoms with Crippen LogP contribution in [-0.4, -0.2) is 47.2 Å². The smallest absolute Gasteiger partial charge is 0.296 e. The number of Topliss-reactive ketones (excluding diaryl/α,β-unsaturated/α-hetero) is 1. The first kappa shape index (κ1) is 22.2. The summed E-state index contributed by atoms with van der Waals surface area (Å²) >= 11 is 6.18. The Kier molecular flexibility index (Phi) is 5.84. The van der Waals surface area contributed by atoms with Crippen LogP contribution in [0.5, 0.6) is 0 Å². The molecule has 1 fully saturated rings. The fraction of sp³-hybridized carbons (Fsp3) is 0.185. The van der Waals surface area contributed by atoms with Crippen molar-refractivity contribution < 1.29 is 14.0 Å². The van der Waals surface area contributed by atoms with Crippen molar-refractivity contribution in [3.8, 4) is 11.1 Å². The quantitative estimate of drug-likeness (QED) is 0.299. The molecule has 5 rings (SSSR count). The van der Waals surface area contributed by atoms with Crippen molar-refractivity contribution in [2.45, 2.75) is 6.92 Å². The molecule has 7 heteroatoms. The maximum atomic E-state index is 13.5. The number of halogens is 2. The second-order valence-corrected chi connectivity index (χ2v) is 8.88. The Bertz CT molecular complexity index is 1390. The molecule has 0 spiro atoms. The van der Waals surface area contributed by atoms with Gasteiger partial charge in [0, 0.05) is 54.2 Å². The van der Waals surface area contributed by atoms with Crippen LogP contribution >= 0.6 is 11.6 Å². The molecule has 0 saturated carbocycles. The predicted octanol–water partition coefficient (Wildman–Crippen LogP) is 5.24. The summed E-state index contributed by atoms with van der Waals surface area (Å²) in [5, 5.41) is 0.669. The van der Waals surface area contributed by atoms with E-state index in [4.69, 9.17) is 11.6 Å². The molecule has 1 amide bonds. The van der Waals surface area contributed by atoms with E-state index in [1.807, 2.05) is 49.4 Å². The number of nitrogens with zero attached hydrogens (tertiary/aromatic N) is 3. The highest BCUT2D eigenvalue weighted by molar-refractivity contribution is 6.43. The third-order valence-electron chi connectivity index (χ3n) is 6.32. The van der Waals surface area contributed by atoms with E-state index in [1.165, 1.54) is 12.1 Å². The van der Waals surface area contributed by atoms with Gasteiger partial charge in [-0.15, -0.1) is 0 Å². The first-order valence-electron chi connectivity index (χ1n) is 11.1. The van der Waals surface area contributed by atoms with Crippen molar-refractivity contribution in [2.24, 2.45) is 0 Å². The topological polar surface area (TPSA) is 45.0 Å². The Hall–Kier alpha value is -3.64. The Morgan fingerprint density at radius 1 is 0.912 bits per heavy atom. The molecule has 1 aliphatic rings. The Morgan fingerprint density at radius 3 is 2.38 bits per heavy atom. The van der Waals surface area contributed by atoms with Crippen LogP contribution in [-0.2, 0) is 4.79 Å². The lowest BCUT2D eigenvalue weighted by atomic mass is 10.0. The normalized spacial score (nSPS) is 14.0. The zero-order chi connectivity index (χ0) is 23.8. The van der Waals surface area contributed by atoms with Crippen molar-refractivity contribution in [3.63, 3.8) is 0 Å². The van der Waals surface area contributed by atoms with Crippen LogP contribution in [0.3, 0.4) is 0 Å². The van der Waals surface area contributed by atoms with Gasteiger partial charge in [-0.1, -0.05) is 35.9 Å². The number of aromatic nitrogens is 1. The molecule has 0 N–H and O–H groups in total. The van der Waals surface area contributed by atoms with Gasteiger partial charge in [0.1, 0.15) is 11.5 Å². The van der Waals surface area contributed by atoms with E-state index in [0.29, 0.717) is 48.0 Å². The average molecular weight is 476 g/mol. The molecule has 0 atom stereocenters. The van der Waals surface area contributed by atoms with E-state index >= 15 is 0 Å². The summed E-state index contributed by atoms with van der Waals surface area (Å²) in [6.45, 7) is 4.12. The van der Waals surface area contributed by atoms with Crippen molar-refractivity contribution in [1.82, 2.24) is 9.30 Å². The first-order valence-corrected chi connectivity index (χ1v) is 11.5. The van der Waals surface area contributed by atoms with Gasteiger partial charge in [0.2, 0.25) is 0 Å². The second-order valence-electron chi connectivity index (χ2n) is 8.45. The Balaban J connectivity index is 1.41. The van der Waals surface area contributed by atoms with Crippen LogP contribution in [0.4, 0.5) is 10.1 Å². The van der Waals surface area contributed by atoms with Gasteiger partial charge in [-0.3, -0.25) is 9.59 Å². The summed E-state index contributed by atoms with van der Waals surface area (Å²) in [5.41, 5.74) is 4.53.